The van der Waals surface area contributed by atoms with Gasteiger partial charge in [0, 0.05) is 58.8 Å². The van der Waals surface area contributed by atoms with Crippen LogP contribution < -0.4 is 10.6 Å². The average molecular weight is 448 g/mol. The van der Waals surface area contributed by atoms with Gasteiger partial charge in [-0.05, 0) is 42.9 Å². The Morgan fingerprint density at radius 2 is 1.79 bits per heavy atom. The van der Waals surface area contributed by atoms with Crippen molar-refractivity contribution in [3.8, 4) is 0 Å². The van der Waals surface area contributed by atoms with Gasteiger partial charge in [0.2, 0.25) is 5.91 Å². The molecule has 2 aliphatic rings. The zero-order chi connectivity index (χ0) is 23.0. The van der Waals surface area contributed by atoms with Crippen molar-refractivity contribution in [3.63, 3.8) is 0 Å². The van der Waals surface area contributed by atoms with Crippen LogP contribution in [-0.4, -0.2) is 54.4 Å². The molecule has 2 N–H and O–H groups in total. The predicted octanol–water partition coefficient (Wildman–Crippen LogP) is 3.45. The van der Waals surface area contributed by atoms with E-state index in [-0.39, 0.29) is 5.91 Å². The van der Waals surface area contributed by atoms with Gasteiger partial charge >= 0.3 is 0 Å². The van der Waals surface area contributed by atoms with Crippen molar-refractivity contribution in [1.82, 2.24) is 20.4 Å². The van der Waals surface area contributed by atoms with Crippen molar-refractivity contribution in [2.45, 2.75) is 58.3 Å². The molecule has 33 heavy (non-hydrogen) atoms. The molecule has 1 saturated heterocycles. The van der Waals surface area contributed by atoms with Gasteiger partial charge in [0.05, 0.1) is 0 Å². The fourth-order valence-electron chi connectivity index (χ4n) is 4.81. The molecule has 0 aromatic heterocycles. The number of hydrogen-bond acceptors (Lipinski definition) is 3. The van der Waals surface area contributed by atoms with Crippen LogP contribution >= 0.6 is 0 Å². The monoisotopic (exact) mass is 447 g/mol. The van der Waals surface area contributed by atoms with Crippen LogP contribution in [0.2, 0.25) is 0 Å². The molecule has 0 radical (unpaired) electrons. The number of amides is 1. The lowest BCUT2D eigenvalue weighted by molar-refractivity contribution is -0.131. The highest BCUT2D eigenvalue weighted by Crippen LogP contribution is 2.23. The van der Waals surface area contributed by atoms with Gasteiger partial charge in [0.25, 0.3) is 0 Å². The molecule has 2 aromatic rings. The van der Waals surface area contributed by atoms with Crippen molar-refractivity contribution in [1.29, 1.82) is 0 Å². The Hall–Kier alpha value is -2.86. The lowest BCUT2D eigenvalue weighted by atomic mass is 10.0. The first-order valence-electron chi connectivity index (χ1n) is 12.2. The number of carbonyl (C=O) groups is 1. The molecule has 1 fully saturated rings. The first kappa shape index (κ1) is 23.3. The van der Waals surface area contributed by atoms with Crippen LogP contribution in [0.25, 0.3) is 0 Å². The molecule has 176 valence electrons. The van der Waals surface area contributed by atoms with Gasteiger partial charge in [-0.25, -0.2) is 0 Å². The summed E-state index contributed by atoms with van der Waals surface area (Å²) in [4.78, 5) is 21.5. The summed E-state index contributed by atoms with van der Waals surface area (Å²) < 4.78 is 0. The van der Waals surface area contributed by atoms with Crippen molar-refractivity contribution in [2.24, 2.45) is 4.99 Å². The molecule has 6 nitrogen and oxygen atoms in total. The van der Waals surface area contributed by atoms with Gasteiger partial charge in [-0.2, -0.15) is 0 Å². The van der Waals surface area contributed by atoms with E-state index in [9.17, 15) is 4.79 Å². The summed E-state index contributed by atoms with van der Waals surface area (Å²) in [5.74, 6) is 1.07. The molecular weight excluding hydrogens is 410 g/mol. The maximum atomic E-state index is 12.6. The van der Waals surface area contributed by atoms with E-state index in [0.717, 1.165) is 64.5 Å². The van der Waals surface area contributed by atoms with Gasteiger partial charge in [-0.1, -0.05) is 54.1 Å². The quantitative estimate of drug-likeness (QED) is 0.388. The third kappa shape index (κ3) is 6.57. The molecular formula is C27H37N5O. The molecule has 0 atom stereocenters. The number of guanidine groups is 1. The van der Waals surface area contributed by atoms with Gasteiger partial charge in [-0.3, -0.25) is 14.7 Å². The van der Waals surface area contributed by atoms with Crippen LogP contribution in [0.4, 0.5) is 0 Å². The molecule has 1 amide bonds. The Morgan fingerprint density at radius 1 is 1.06 bits per heavy atom. The third-order valence-electron chi connectivity index (χ3n) is 6.69. The molecule has 2 aromatic carbocycles. The standard InChI is InChI=1S/C27H37N5O/c1-21-7-5-8-22(17-21)18-31-15-12-25(13-16-31)30-27(28-2)29-14-6-11-26(33)32-19-23-9-3-4-10-24(23)20-32/h3-5,7-10,17,25H,6,11-16,18-20H2,1-2H3,(H2,28,29,30). The molecule has 0 unspecified atom stereocenters. The van der Waals surface area contributed by atoms with E-state index < -0.39 is 0 Å². The second-order valence-corrected chi connectivity index (χ2v) is 9.30. The molecule has 0 saturated carbocycles. The lowest BCUT2D eigenvalue weighted by Gasteiger charge is -2.33. The minimum atomic E-state index is 0.233. The number of aliphatic imine (C=N–C) groups is 1. The summed E-state index contributed by atoms with van der Waals surface area (Å²) in [6.45, 7) is 7.60. The molecule has 0 spiro atoms. The second kappa shape index (κ2) is 11.3. The van der Waals surface area contributed by atoms with Crippen LogP contribution in [0.3, 0.4) is 0 Å². The molecule has 4 rings (SSSR count). The maximum Gasteiger partial charge on any atom is 0.223 e. The van der Waals surface area contributed by atoms with Gasteiger partial charge in [-0.15, -0.1) is 0 Å². The van der Waals surface area contributed by atoms with Crippen molar-refractivity contribution < 1.29 is 4.79 Å². The van der Waals surface area contributed by atoms with E-state index in [1.807, 2.05) is 24.1 Å². The van der Waals surface area contributed by atoms with E-state index in [1.54, 1.807) is 0 Å². The summed E-state index contributed by atoms with van der Waals surface area (Å²) >= 11 is 0. The summed E-state index contributed by atoms with van der Waals surface area (Å²) in [6, 6.07) is 17.6. The number of benzene rings is 2. The Bertz CT molecular complexity index is 939. The SMILES string of the molecule is CN=C(NCCCC(=O)N1Cc2ccccc2C1)NC1CCN(Cc2cccc(C)c2)CC1. The van der Waals surface area contributed by atoms with E-state index in [4.69, 9.17) is 0 Å². The molecule has 6 heteroatoms. The maximum absolute atomic E-state index is 12.6. The van der Waals surface area contributed by atoms with Crippen molar-refractivity contribution in [2.75, 3.05) is 26.7 Å². The zero-order valence-electron chi connectivity index (χ0n) is 20.0. The van der Waals surface area contributed by atoms with Crippen LogP contribution in [-0.2, 0) is 24.4 Å². The highest BCUT2D eigenvalue weighted by Gasteiger charge is 2.23. The number of aryl methyl sites for hydroxylation is 1. The molecule has 0 bridgehead atoms. The Balaban J connectivity index is 1.12. The fraction of sp³-hybridized carbons (Fsp3) is 0.481. The van der Waals surface area contributed by atoms with E-state index in [2.05, 4.69) is 63.8 Å². The highest BCUT2D eigenvalue weighted by atomic mass is 16.2. The number of rotatable bonds is 7. The number of fused-ring (bicyclic) bond motifs is 1. The predicted molar refractivity (Wildman–Crippen MR) is 134 cm³/mol. The smallest absolute Gasteiger partial charge is 0.223 e. The average Bonchev–Trinajstić information content (AvgIpc) is 3.26. The number of hydrogen-bond donors (Lipinski definition) is 2. The summed E-state index contributed by atoms with van der Waals surface area (Å²) in [5.41, 5.74) is 5.27. The van der Waals surface area contributed by atoms with E-state index in [0.29, 0.717) is 12.5 Å². The number of piperidine rings is 1. The highest BCUT2D eigenvalue weighted by molar-refractivity contribution is 5.80. The Morgan fingerprint density at radius 3 is 2.45 bits per heavy atom. The number of likely N-dealkylation sites (tertiary alicyclic amines) is 1. The van der Waals surface area contributed by atoms with Crippen LogP contribution in [0, 0.1) is 6.92 Å². The first-order chi connectivity index (χ1) is 16.1. The minimum absolute atomic E-state index is 0.233. The number of carbonyl (C=O) groups excluding carboxylic acids is 1. The molecule has 0 aliphatic carbocycles. The third-order valence-corrected chi connectivity index (χ3v) is 6.69. The van der Waals surface area contributed by atoms with Gasteiger partial charge in [0.1, 0.15) is 0 Å². The van der Waals surface area contributed by atoms with Crippen molar-refractivity contribution >= 4 is 11.9 Å². The second-order valence-electron chi connectivity index (χ2n) is 9.30. The van der Waals surface area contributed by atoms with Gasteiger partial charge < -0.3 is 15.5 Å². The molecule has 2 aliphatic heterocycles. The lowest BCUT2D eigenvalue weighted by Crippen LogP contribution is -2.48. The largest absolute Gasteiger partial charge is 0.356 e. The van der Waals surface area contributed by atoms with Gasteiger partial charge in [0.15, 0.2) is 5.96 Å². The van der Waals surface area contributed by atoms with Crippen LogP contribution in [0.1, 0.15) is 47.9 Å². The van der Waals surface area contributed by atoms with E-state index in [1.165, 1.54) is 22.3 Å². The van der Waals surface area contributed by atoms with Crippen LogP contribution in [0.5, 0.6) is 0 Å². The number of nitrogens with zero attached hydrogens (tertiary/aromatic N) is 3. The Kier molecular flexibility index (Phi) is 8.00. The Labute approximate surface area is 198 Å². The van der Waals surface area contributed by atoms with Crippen LogP contribution in [0.15, 0.2) is 53.5 Å². The molecule has 2 heterocycles. The van der Waals surface area contributed by atoms with Crippen molar-refractivity contribution in [3.05, 3.63) is 70.8 Å². The topological polar surface area (TPSA) is 60.0 Å². The first-order valence-corrected chi connectivity index (χ1v) is 12.2. The summed E-state index contributed by atoms with van der Waals surface area (Å²) in [5, 5.41) is 6.96. The summed E-state index contributed by atoms with van der Waals surface area (Å²) in [7, 11) is 1.81. The fourth-order valence-corrected chi connectivity index (χ4v) is 4.81. The number of nitrogens with one attached hydrogen (secondary N) is 2. The minimum Gasteiger partial charge on any atom is -0.356 e. The summed E-state index contributed by atoms with van der Waals surface area (Å²) in [6.07, 6.45) is 3.59. The normalized spacial score (nSPS) is 17.2. The zero-order valence-corrected chi connectivity index (χ0v) is 20.0. The van der Waals surface area contributed by atoms with E-state index >= 15 is 0 Å².